The molecule has 1 atom stereocenters. The fraction of sp³-hybridized carbons (Fsp3) is 0.500. The van der Waals surface area contributed by atoms with E-state index in [-0.39, 0.29) is 6.04 Å². The van der Waals surface area contributed by atoms with Gasteiger partial charge in [0.2, 0.25) is 0 Å². The largest absolute Gasteiger partial charge is 0.349 e. The molecule has 0 bridgehead atoms. The lowest BCUT2D eigenvalue weighted by Gasteiger charge is -2.12. The van der Waals surface area contributed by atoms with Gasteiger partial charge in [-0.05, 0) is 12.8 Å². The summed E-state index contributed by atoms with van der Waals surface area (Å²) in [5.74, 6) is 1.03. The number of rotatable bonds is 6. The van der Waals surface area contributed by atoms with Gasteiger partial charge in [-0.25, -0.2) is 9.97 Å². The van der Waals surface area contributed by atoms with Gasteiger partial charge in [0.25, 0.3) is 0 Å². The molecule has 17 heavy (non-hydrogen) atoms. The molecular weight excluding hydrogens is 214 g/mol. The van der Waals surface area contributed by atoms with Gasteiger partial charge in [-0.15, -0.1) is 0 Å². The Bertz CT molecular complexity index is 431. The minimum absolute atomic E-state index is 0.0844. The SMILES string of the molecule is CC[C@@H](N)c1cncn1CCCc1ncc[nH]1. The molecule has 0 spiro atoms. The van der Waals surface area contributed by atoms with Gasteiger partial charge in [-0.2, -0.15) is 0 Å². The van der Waals surface area contributed by atoms with Crippen LogP contribution in [0.25, 0.3) is 0 Å². The molecule has 2 aromatic rings. The molecule has 0 saturated heterocycles. The van der Waals surface area contributed by atoms with Crippen LogP contribution in [-0.4, -0.2) is 19.5 Å². The standard InChI is InChI=1S/C12H19N5/c1-2-10(13)11-8-14-9-17(11)7-3-4-12-15-5-6-16-12/h5-6,8-10H,2-4,7,13H2,1H3,(H,15,16)/t10-/m1/s1. The zero-order chi connectivity index (χ0) is 12.1. The van der Waals surface area contributed by atoms with Gasteiger partial charge in [0.1, 0.15) is 5.82 Å². The molecule has 2 heterocycles. The lowest BCUT2D eigenvalue weighted by molar-refractivity contribution is 0.564. The summed E-state index contributed by atoms with van der Waals surface area (Å²) in [4.78, 5) is 11.5. The van der Waals surface area contributed by atoms with Crippen molar-refractivity contribution >= 4 is 0 Å². The fourth-order valence-electron chi connectivity index (χ4n) is 1.89. The molecule has 0 unspecified atom stereocenters. The Balaban J connectivity index is 1.88. The van der Waals surface area contributed by atoms with Crippen LogP contribution in [0.3, 0.4) is 0 Å². The highest BCUT2D eigenvalue weighted by Crippen LogP contribution is 2.13. The highest BCUT2D eigenvalue weighted by Gasteiger charge is 2.09. The Kier molecular flexibility index (Phi) is 3.93. The van der Waals surface area contributed by atoms with Crippen molar-refractivity contribution in [3.8, 4) is 0 Å². The summed E-state index contributed by atoms with van der Waals surface area (Å²) in [5, 5.41) is 0. The lowest BCUT2D eigenvalue weighted by atomic mass is 10.2. The molecule has 0 amide bonds. The summed E-state index contributed by atoms with van der Waals surface area (Å²) < 4.78 is 2.14. The van der Waals surface area contributed by atoms with Gasteiger partial charge in [0.15, 0.2) is 0 Å². The topological polar surface area (TPSA) is 72.5 Å². The first-order chi connectivity index (χ1) is 8.31. The molecule has 0 aliphatic carbocycles. The molecule has 0 aromatic carbocycles. The molecule has 5 nitrogen and oxygen atoms in total. The van der Waals surface area contributed by atoms with Gasteiger partial charge >= 0.3 is 0 Å². The first-order valence-corrected chi connectivity index (χ1v) is 6.05. The second kappa shape index (κ2) is 5.63. The number of hydrogen-bond donors (Lipinski definition) is 2. The average Bonchev–Trinajstić information content (AvgIpc) is 2.99. The first kappa shape index (κ1) is 11.9. The van der Waals surface area contributed by atoms with E-state index in [0.29, 0.717) is 0 Å². The Labute approximate surface area is 101 Å². The summed E-state index contributed by atoms with van der Waals surface area (Å²) in [6.45, 7) is 3.02. The van der Waals surface area contributed by atoms with Crippen LogP contribution < -0.4 is 5.73 Å². The zero-order valence-corrected chi connectivity index (χ0v) is 10.1. The van der Waals surface area contributed by atoms with Crippen LogP contribution in [-0.2, 0) is 13.0 Å². The van der Waals surface area contributed by atoms with Crippen LogP contribution in [0, 0.1) is 0 Å². The number of nitrogens with one attached hydrogen (secondary N) is 1. The van der Waals surface area contributed by atoms with E-state index >= 15 is 0 Å². The van der Waals surface area contributed by atoms with E-state index in [1.54, 1.807) is 6.20 Å². The molecular formula is C12H19N5. The third-order valence-electron chi connectivity index (χ3n) is 2.93. The summed E-state index contributed by atoms with van der Waals surface area (Å²) >= 11 is 0. The number of imidazole rings is 2. The summed E-state index contributed by atoms with van der Waals surface area (Å²) in [6.07, 6.45) is 10.3. The van der Waals surface area contributed by atoms with Crippen molar-refractivity contribution in [1.29, 1.82) is 0 Å². The van der Waals surface area contributed by atoms with Gasteiger partial charge in [-0.3, -0.25) is 0 Å². The normalized spacial score (nSPS) is 12.8. The highest BCUT2D eigenvalue weighted by atomic mass is 15.1. The van der Waals surface area contributed by atoms with Crippen molar-refractivity contribution in [3.05, 3.63) is 36.4 Å². The molecule has 5 heteroatoms. The van der Waals surface area contributed by atoms with Crippen molar-refractivity contribution in [2.75, 3.05) is 0 Å². The van der Waals surface area contributed by atoms with Gasteiger partial charge in [0, 0.05) is 37.6 Å². The second-order valence-electron chi connectivity index (χ2n) is 4.17. The highest BCUT2D eigenvalue weighted by molar-refractivity contribution is 5.04. The Hall–Kier alpha value is -1.62. The van der Waals surface area contributed by atoms with Gasteiger partial charge in [0.05, 0.1) is 12.0 Å². The van der Waals surface area contributed by atoms with E-state index in [2.05, 4.69) is 26.4 Å². The molecule has 3 N–H and O–H groups in total. The van der Waals surface area contributed by atoms with Crippen molar-refractivity contribution in [3.63, 3.8) is 0 Å². The minimum Gasteiger partial charge on any atom is -0.349 e. The maximum absolute atomic E-state index is 6.03. The van der Waals surface area contributed by atoms with Crippen molar-refractivity contribution < 1.29 is 0 Å². The summed E-state index contributed by atoms with van der Waals surface area (Å²) in [7, 11) is 0. The van der Waals surface area contributed by atoms with E-state index in [4.69, 9.17) is 5.73 Å². The molecule has 2 rings (SSSR count). The number of hydrogen-bond acceptors (Lipinski definition) is 3. The van der Waals surface area contributed by atoms with E-state index in [1.165, 1.54) is 0 Å². The Morgan fingerprint density at radius 1 is 1.53 bits per heavy atom. The predicted octanol–water partition coefficient (Wildman–Crippen LogP) is 1.65. The number of nitrogens with zero attached hydrogens (tertiary/aromatic N) is 3. The van der Waals surface area contributed by atoms with Crippen molar-refractivity contribution in [2.45, 2.75) is 38.8 Å². The van der Waals surface area contributed by atoms with Crippen LogP contribution in [0.15, 0.2) is 24.9 Å². The van der Waals surface area contributed by atoms with Crippen LogP contribution >= 0.6 is 0 Å². The Morgan fingerprint density at radius 3 is 3.12 bits per heavy atom. The van der Waals surface area contributed by atoms with E-state index in [1.807, 2.05) is 18.7 Å². The second-order valence-corrected chi connectivity index (χ2v) is 4.17. The van der Waals surface area contributed by atoms with Crippen LogP contribution in [0.5, 0.6) is 0 Å². The molecule has 92 valence electrons. The zero-order valence-electron chi connectivity index (χ0n) is 10.1. The number of H-pyrrole nitrogens is 1. The van der Waals surface area contributed by atoms with Crippen molar-refractivity contribution in [1.82, 2.24) is 19.5 Å². The number of aromatic nitrogens is 4. The van der Waals surface area contributed by atoms with Crippen LogP contribution in [0.2, 0.25) is 0 Å². The van der Waals surface area contributed by atoms with Crippen LogP contribution in [0.1, 0.15) is 37.3 Å². The van der Waals surface area contributed by atoms with E-state index in [0.717, 1.165) is 37.3 Å². The number of aryl methyl sites for hydroxylation is 2. The Morgan fingerprint density at radius 2 is 2.41 bits per heavy atom. The quantitative estimate of drug-likeness (QED) is 0.796. The minimum atomic E-state index is 0.0844. The van der Waals surface area contributed by atoms with Crippen LogP contribution in [0.4, 0.5) is 0 Å². The lowest BCUT2D eigenvalue weighted by Crippen LogP contribution is -2.14. The van der Waals surface area contributed by atoms with Crippen molar-refractivity contribution in [2.24, 2.45) is 5.73 Å². The molecule has 0 fully saturated rings. The van der Waals surface area contributed by atoms with Gasteiger partial charge in [-0.1, -0.05) is 6.92 Å². The smallest absolute Gasteiger partial charge is 0.106 e. The predicted molar refractivity (Wildman–Crippen MR) is 66.4 cm³/mol. The molecule has 2 aromatic heterocycles. The number of nitrogens with two attached hydrogens (primary N) is 1. The molecule has 0 saturated carbocycles. The summed E-state index contributed by atoms with van der Waals surface area (Å²) in [5.41, 5.74) is 7.14. The van der Waals surface area contributed by atoms with E-state index in [9.17, 15) is 0 Å². The molecule has 0 aliphatic rings. The maximum atomic E-state index is 6.03. The molecule has 0 radical (unpaired) electrons. The number of aromatic amines is 1. The van der Waals surface area contributed by atoms with Gasteiger partial charge < -0.3 is 15.3 Å². The third-order valence-corrected chi connectivity index (χ3v) is 2.93. The maximum Gasteiger partial charge on any atom is 0.106 e. The average molecular weight is 233 g/mol. The molecule has 0 aliphatic heterocycles. The fourth-order valence-corrected chi connectivity index (χ4v) is 1.89. The third kappa shape index (κ3) is 2.94. The monoisotopic (exact) mass is 233 g/mol. The first-order valence-electron chi connectivity index (χ1n) is 6.05. The summed E-state index contributed by atoms with van der Waals surface area (Å²) in [6, 6.07) is 0.0844. The van der Waals surface area contributed by atoms with E-state index < -0.39 is 0 Å².